The smallest absolute Gasteiger partial charge is 0.370 e. The molecule has 0 aliphatic carbocycles. The van der Waals surface area contributed by atoms with Crippen molar-refractivity contribution in [3.63, 3.8) is 0 Å². The zero-order valence-electron chi connectivity index (χ0n) is 14.7. The van der Waals surface area contributed by atoms with E-state index in [1.165, 1.54) is 24.3 Å². The highest BCUT2D eigenvalue weighted by Gasteiger charge is 2.30. The van der Waals surface area contributed by atoms with Crippen molar-refractivity contribution in [2.24, 2.45) is 0 Å². The first kappa shape index (κ1) is 19.2. The first-order chi connectivity index (χ1) is 12.8. The maximum Gasteiger partial charge on any atom is 0.416 e. The molecule has 0 unspecified atom stereocenters. The Labute approximate surface area is 155 Å². The first-order valence-corrected chi connectivity index (χ1v) is 8.77. The highest BCUT2D eigenvalue weighted by molar-refractivity contribution is 5.79. The summed E-state index contributed by atoms with van der Waals surface area (Å²) in [6.45, 7) is 2.36. The number of carbonyl (C=O) groups excluding carboxylic acids is 1. The Bertz CT molecular complexity index is 789. The first-order valence-electron chi connectivity index (χ1n) is 8.77. The minimum atomic E-state index is -4.42. The highest BCUT2D eigenvalue weighted by Crippen LogP contribution is 2.29. The van der Waals surface area contributed by atoms with E-state index in [4.69, 9.17) is 0 Å². The highest BCUT2D eigenvalue weighted by atomic mass is 19.4. The molecule has 0 aromatic heterocycles. The monoisotopic (exact) mass is 380 g/mol. The van der Waals surface area contributed by atoms with E-state index in [0.29, 0.717) is 25.2 Å². The molecule has 1 aliphatic heterocycles. The van der Waals surface area contributed by atoms with Crippen molar-refractivity contribution in [1.29, 1.82) is 0 Å². The van der Waals surface area contributed by atoms with E-state index in [0.717, 1.165) is 30.8 Å². The van der Waals surface area contributed by atoms with Gasteiger partial charge in [-0.05, 0) is 42.3 Å². The summed E-state index contributed by atoms with van der Waals surface area (Å²) in [5.74, 6) is -0.484. The number of hydrogen-bond donors (Lipinski definition) is 0. The van der Waals surface area contributed by atoms with Gasteiger partial charge < -0.3 is 9.80 Å². The zero-order valence-corrected chi connectivity index (χ0v) is 14.7. The average Bonchev–Trinajstić information content (AvgIpc) is 2.88. The van der Waals surface area contributed by atoms with Crippen LogP contribution in [0.5, 0.6) is 0 Å². The Morgan fingerprint density at radius 2 is 1.70 bits per heavy atom. The summed E-state index contributed by atoms with van der Waals surface area (Å²) < 4.78 is 51.5. The lowest BCUT2D eigenvalue weighted by Crippen LogP contribution is -2.36. The lowest BCUT2D eigenvalue weighted by molar-refractivity contribution is -0.138. The van der Waals surface area contributed by atoms with Crippen molar-refractivity contribution < 1.29 is 22.4 Å². The minimum absolute atomic E-state index is 0.0551. The van der Waals surface area contributed by atoms with Crippen LogP contribution in [0.2, 0.25) is 0 Å². The van der Waals surface area contributed by atoms with Crippen LogP contribution < -0.4 is 4.90 Å². The summed E-state index contributed by atoms with van der Waals surface area (Å²) >= 11 is 0. The summed E-state index contributed by atoms with van der Waals surface area (Å²) in [5, 5.41) is 0. The van der Waals surface area contributed by atoms with Crippen LogP contribution in [0.15, 0.2) is 48.5 Å². The van der Waals surface area contributed by atoms with Crippen molar-refractivity contribution in [1.82, 2.24) is 4.90 Å². The molecule has 0 radical (unpaired) electrons. The van der Waals surface area contributed by atoms with Crippen LogP contribution in [0, 0.1) is 5.82 Å². The Morgan fingerprint density at radius 3 is 2.41 bits per heavy atom. The van der Waals surface area contributed by atoms with Crippen LogP contribution in [0.4, 0.5) is 23.2 Å². The Hall–Kier alpha value is -2.57. The molecular weight excluding hydrogens is 360 g/mol. The van der Waals surface area contributed by atoms with Gasteiger partial charge in [-0.1, -0.05) is 18.2 Å². The summed E-state index contributed by atoms with van der Waals surface area (Å²) in [6, 6.07) is 11.1. The van der Waals surface area contributed by atoms with E-state index in [1.807, 2.05) is 0 Å². The molecule has 3 nitrogen and oxygen atoms in total. The molecule has 7 heteroatoms. The van der Waals surface area contributed by atoms with Gasteiger partial charge in [0.05, 0.1) is 12.0 Å². The Morgan fingerprint density at radius 1 is 0.963 bits per heavy atom. The van der Waals surface area contributed by atoms with Gasteiger partial charge in [0.2, 0.25) is 5.91 Å². The second-order valence-corrected chi connectivity index (χ2v) is 6.57. The fourth-order valence-corrected chi connectivity index (χ4v) is 3.22. The van der Waals surface area contributed by atoms with E-state index in [9.17, 15) is 22.4 Å². The van der Waals surface area contributed by atoms with Crippen LogP contribution in [0.3, 0.4) is 0 Å². The van der Waals surface area contributed by atoms with Crippen molar-refractivity contribution in [2.75, 3.05) is 31.1 Å². The minimum Gasteiger partial charge on any atom is -0.370 e. The van der Waals surface area contributed by atoms with Crippen LogP contribution >= 0.6 is 0 Å². The van der Waals surface area contributed by atoms with Gasteiger partial charge in [0.25, 0.3) is 0 Å². The van der Waals surface area contributed by atoms with Gasteiger partial charge in [-0.3, -0.25) is 4.79 Å². The number of benzene rings is 2. The predicted molar refractivity (Wildman–Crippen MR) is 95.0 cm³/mol. The number of nitrogens with zero attached hydrogens (tertiary/aromatic N) is 2. The quantitative estimate of drug-likeness (QED) is 0.748. The molecule has 1 amide bonds. The number of carbonyl (C=O) groups is 1. The van der Waals surface area contributed by atoms with E-state index in [1.54, 1.807) is 17.0 Å². The van der Waals surface area contributed by atoms with Crippen molar-refractivity contribution in [3.8, 4) is 0 Å². The number of halogens is 4. The lowest BCUT2D eigenvalue weighted by atomic mass is 10.1. The van der Waals surface area contributed by atoms with Gasteiger partial charge in [0.1, 0.15) is 5.82 Å². The largest absolute Gasteiger partial charge is 0.416 e. The third-order valence-corrected chi connectivity index (χ3v) is 4.65. The molecule has 0 spiro atoms. The normalized spacial score (nSPS) is 15.6. The van der Waals surface area contributed by atoms with E-state index in [2.05, 4.69) is 4.90 Å². The topological polar surface area (TPSA) is 23.6 Å². The van der Waals surface area contributed by atoms with Crippen LogP contribution in [0.25, 0.3) is 0 Å². The van der Waals surface area contributed by atoms with E-state index < -0.39 is 11.7 Å². The predicted octanol–water partition coefficient (Wildman–Crippen LogP) is 4.13. The summed E-state index contributed by atoms with van der Waals surface area (Å²) in [4.78, 5) is 16.3. The fourth-order valence-electron chi connectivity index (χ4n) is 3.22. The molecule has 144 valence electrons. The number of rotatable bonds is 3. The van der Waals surface area contributed by atoms with E-state index >= 15 is 0 Å². The van der Waals surface area contributed by atoms with Gasteiger partial charge in [0.15, 0.2) is 0 Å². The third-order valence-electron chi connectivity index (χ3n) is 4.65. The van der Waals surface area contributed by atoms with Gasteiger partial charge >= 0.3 is 6.18 Å². The molecule has 0 saturated carbocycles. The molecule has 3 rings (SSSR count). The summed E-state index contributed by atoms with van der Waals surface area (Å²) in [7, 11) is 0. The zero-order chi connectivity index (χ0) is 19.4. The van der Waals surface area contributed by atoms with Crippen molar-refractivity contribution >= 4 is 11.6 Å². The molecule has 2 aromatic carbocycles. The summed E-state index contributed by atoms with van der Waals surface area (Å²) in [6.07, 6.45) is -3.73. The molecule has 0 N–H and O–H groups in total. The fraction of sp³-hybridized carbons (Fsp3) is 0.350. The standard InChI is InChI=1S/C20H20F4N2O/c21-17-5-7-18(8-6-17)25-9-2-10-26(12-11-25)19(27)14-15-3-1-4-16(13-15)20(22,23)24/h1,3-8,13H,2,9-12,14H2. The molecular formula is C20H20F4N2O. The molecule has 1 heterocycles. The summed E-state index contributed by atoms with van der Waals surface area (Å²) in [5.41, 5.74) is 0.504. The van der Waals surface area contributed by atoms with E-state index in [-0.39, 0.29) is 18.1 Å². The second kappa shape index (κ2) is 7.98. The van der Waals surface area contributed by atoms with Gasteiger partial charge in [-0.15, -0.1) is 0 Å². The molecule has 1 saturated heterocycles. The van der Waals surface area contributed by atoms with Crippen molar-refractivity contribution in [2.45, 2.75) is 19.0 Å². The maximum atomic E-state index is 13.1. The Balaban J connectivity index is 1.62. The Kier molecular flexibility index (Phi) is 5.68. The average molecular weight is 380 g/mol. The number of amides is 1. The van der Waals surface area contributed by atoms with Gasteiger partial charge in [-0.2, -0.15) is 13.2 Å². The van der Waals surface area contributed by atoms with Crippen LogP contribution in [-0.4, -0.2) is 37.0 Å². The second-order valence-electron chi connectivity index (χ2n) is 6.57. The SMILES string of the molecule is O=C(Cc1cccc(C(F)(F)F)c1)N1CCCN(c2ccc(F)cc2)CC1. The van der Waals surface area contributed by atoms with Crippen LogP contribution in [0.1, 0.15) is 17.5 Å². The molecule has 1 aliphatic rings. The third kappa shape index (κ3) is 4.99. The molecule has 2 aromatic rings. The van der Waals surface area contributed by atoms with Gasteiger partial charge in [-0.25, -0.2) is 4.39 Å². The number of anilines is 1. The van der Waals surface area contributed by atoms with Crippen molar-refractivity contribution in [3.05, 3.63) is 65.5 Å². The van der Waals surface area contributed by atoms with Crippen LogP contribution in [-0.2, 0) is 17.4 Å². The number of hydrogen-bond acceptors (Lipinski definition) is 2. The maximum absolute atomic E-state index is 13.1. The molecule has 0 atom stereocenters. The number of alkyl halides is 3. The lowest BCUT2D eigenvalue weighted by Gasteiger charge is -2.24. The molecule has 0 bridgehead atoms. The molecule has 27 heavy (non-hydrogen) atoms. The van der Waals surface area contributed by atoms with Gasteiger partial charge in [0, 0.05) is 31.9 Å². The molecule has 1 fully saturated rings.